The Hall–Kier alpha value is -2.73. The van der Waals surface area contributed by atoms with Gasteiger partial charge in [-0.2, -0.15) is 0 Å². The fourth-order valence-electron chi connectivity index (χ4n) is 3.51. The van der Waals surface area contributed by atoms with Crippen LogP contribution in [-0.4, -0.2) is 61.5 Å². The summed E-state index contributed by atoms with van der Waals surface area (Å²) in [5, 5.41) is 0.542. The summed E-state index contributed by atoms with van der Waals surface area (Å²) in [4.78, 5) is 28.8. The Morgan fingerprint density at radius 1 is 1.00 bits per heavy atom. The normalized spacial score (nSPS) is 13.8. The first kappa shape index (κ1) is 22.0. The van der Waals surface area contributed by atoms with Crippen LogP contribution in [0.5, 0.6) is 11.5 Å². The van der Waals surface area contributed by atoms with Crippen LogP contribution in [-0.2, 0) is 11.2 Å². The molecule has 0 unspecified atom stereocenters. The van der Waals surface area contributed by atoms with E-state index in [4.69, 9.17) is 21.1 Å². The number of halogens is 1. The van der Waals surface area contributed by atoms with Crippen LogP contribution in [0, 0.1) is 0 Å². The van der Waals surface area contributed by atoms with Crippen molar-refractivity contribution in [1.82, 2.24) is 9.80 Å². The first-order valence-corrected chi connectivity index (χ1v) is 10.5. The summed E-state index contributed by atoms with van der Waals surface area (Å²) in [7, 11) is 1.61. The number of aryl methyl sites for hydroxylation is 1. The van der Waals surface area contributed by atoms with Crippen molar-refractivity contribution in [2.45, 2.75) is 19.8 Å². The number of nitrogens with zero attached hydrogens (tertiary/aromatic N) is 2. The van der Waals surface area contributed by atoms with Gasteiger partial charge >= 0.3 is 0 Å². The summed E-state index contributed by atoms with van der Waals surface area (Å²) in [5.41, 5.74) is 1.60. The molecule has 0 bridgehead atoms. The highest BCUT2D eigenvalue weighted by molar-refractivity contribution is 6.30. The van der Waals surface area contributed by atoms with E-state index in [0.29, 0.717) is 67.7 Å². The molecule has 0 radical (unpaired) electrons. The molecule has 1 fully saturated rings. The summed E-state index contributed by atoms with van der Waals surface area (Å²) < 4.78 is 10.9. The molecule has 6 nitrogen and oxygen atoms in total. The lowest BCUT2D eigenvalue weighted by Crippen LogP contribution is -2.50. The first-order valence-electron chi connectivity index (χ1n) is 10.1. The Morgan fingerprint density at radius 2 is 1.73 bits per heavy atom. The standard InChI is InChI=1S/C23H27ClN2O4/c1-3-30-20-9-7-17(15-21(20)29-2)8-10-22(27)25-11-13-26(14-12-25)23(28)18-5-4-6-19(24)16-18/h4-7,9,15-16H,3,8,10-14H2,1-2H3. The molecule has 0 atom stereocenters. The molecule has 2 aromatic carbocycles. The SMILES string of the molecule is CCOc1ccc(CCC(=O)N2CCN(C(=O)c3cccc(Cl)c3)CC2)cc1OC. The maximum absolute atomic E-state index is 12.6. The molecule has 0 N–H and O–H groups in total. The third-order valence-corrected chi connectivity index (χ3v) is 5.38. The molecule has 1 aliphatic heterocycles. The lowest BCUT2D eigenvalue weighted by molar-refractivity contribution is -0.132. The first-order chi connectivity index (χ1) is 14.5. The van der Waals surface area contributed by atoms with E-state index in [-0.39, 0.29) is 11.8 Å². The van der Waals surface area contributed by atoms with Crippen molar-refractivity contribution in [3.05, 3.63) is 58.6 Å². The summed E-state index contributed by atoms with van der Waals surface area (Å²) in [6.45, 7) is 4.62. The van der Waals surface area contributed by atoms with Gasteiger partial charge in [0.25, 0.3) is 5.91 Å². The van der Waals surface area contributed by atoms with Crippen molar-refractivity contribution < 1.29 is 19.1 Å². The van der Waals surface area contributed by atoms with E-state index in [1.807, 2.05) is 30.0 Å². The molecule has 0 saturated carbocycles. The minimum Gasteiger partial charge on any atom is -0.493 e. The van der Waals surface area contributed by atoms with Crippen molar-refractivity contribution in [1.29, 1.82) is 0 Å². The minimum absolute atomic E-state index is 0.0499. The lowest BCUT2D eigenvalue weighted by atomic mass is 10.1. The van der Waals surface area contributed by atoms with E-state index in [1.165, 1.54) is 0 Å². The van der Waals surface area contributed by atoms with E-state index in [9.17, 15) is 9.59 Å². The molecule has 1 heterocycles. The van der Waals surface area contributed by atoms with Crippen LogP contribution in [0.15, 0.2) is 42.5 Å². The van der Waals surface area contributed by atoms with Crippen LogP contribution in [0.25, 0.3) is 0 Å². The highest BCUT2D eigenvalue weighted by Gasteiger charge is 2.24. The van der Waals surface area contributed by atoms with Crippen molar-refractivity contribution in [3.8, 4) is 11.5 Å². The van der Waals surface area contributed by atoms with Gasteiger partial charge in [-0.3, -0.25) is 9.59 Å². The molecule has 160 valence electrons. The molecular formula is C23H27ClN2O4. The highest BCUT2D eigenvalue weighted by atomic mass is 35.5. The van der Waals surface area contributed by atoms with Gasteiger partial charge in [0.1, 0.15) is 0 Å². The number of methoxy groups -OCH3 is 1. The van der Waals surface area contributed by atoms with E-state index in [1.54, 1.807) is 36.3 Å². The van der Waals surface area contributed by atoms with Crippen molar-refractivity contribution in [3.63, 3.8) is 0 Å². The minimum atomic E-state index is -0.0499. The quantitative estimate of drug-likeness (QED) is 0.672. The molecule has 7 heteroatoms. The van der Waals surface area contributed by atoms with Crippen LogP contribution < -0.4 is 9.47 Å². The number of benzene rings is 2. The van der Waals surface area contributed by atoms with Gasteiger partial charge in [0.15, 0.2) is 11.5 Å². The fraction of sp³-hybridized carbons (Fsp3) is 0.391. The van der Waals surface area contributed by atoms with Gasteiger partial charge in [0.2, 0.25) is 5.91 Å². The third kappa shape index (κ3) is 5.45. The molecule has 30 heavy (non-hydrogen) atoms. The van der Waals surface area contributed by atoms with Gasteiger partial charge in [0.05, 0.1) is 13.7 Å². The Labute approximate surface area is 182 Å². The molecule has 2 aromatic rings. The number of hydrogen-bond acceptors (Lipinski definition) is 4. The molecule has 1 aliphatic rings. The van der Waals surface area contributed by atoms with Gasteiger partial charge < -0.3 is 19.3 Å². The summed E-state index contributed by atoms with van der Waals surface area (Å²) in [5.74, 6) is 1.43. The van der Waals surface area contributed by atoms with E-state index < -0.39 is 0 Å². The molecular weight excluding hydrogens is 404 g/mol. The second-order valence-electron chi connectivity index (χ2n) is 7.10. The monoisotopic (exact) mass is 430 g/mol. The number of carbonyl (C=O) groups excluding carboxylic acids is 2. The molecule has 0 spiro atoms. The average molecular weight is 431 g/mol. The van der Waals surface area contributed by atoms with Gasteiger partial charge in [-0.1, -0.05) is 23.7 Å². The summed E-state index contributed by atoms with van der Waals surface area (Å²) in [6.07, 6.45) is 1.04. The molecule has 2 amide bonds. The smallest absolute Gasteiger partial charge is 0.254 e. The summed E-state index contributed by atoms with van der Waals surface area (Å²) in [6, 6.07) is 12.7. The van der Waals surface area contributed by atoms with Crippen LogP contribution in [0.3, 0.4) is 0 Å². The maximum Gasteiger partial charge on any atom is 0.254 e. The van der Waals surface area contributed by atoms with Gasteiger partial charge in [-0.05, 0) is 49.2 Å². The van der Waals surface area contributed by atoms with Crippen LogP contribution in [0.1, 0.15) is 29.3 Å². The number of carbonyl (C=O) groups is 2. The predicted molar refractivity (Wildman–Crippen MR) is 116 cm³/mol. The number of ether oxygens (including phenoxy) is 2. The van der Waals surface area contributed by atoms with E-state index in [2.05, 4.69) is 0 Å². The summed E-state index contributed by atoms with van der Waals surface area (Å²) >= 11 is 5.98. The maximum atomic E-state index is 12.6. The zero-order valence-corrected chi connectivity index (χ0v) is 18.2. The Morgan fingerprint density at radius 3 is 2.40 bits per heavy atom. The fourth-order valence-corrected chi connectivity index (χ4v) is 3.70. The molecule has 0 aliphatic carbocycles. The topological polar surface area (TPSA) is 59.1 Å². The zero-order chi connectivity index (χ0) is 21.5. The predicted octanol–water partition coefficient (Wildman–Crippen LogP) is 3.66. The molecule has 3 rings (SSSR count). The van der Waals surface area contributed by atoms with Gasteiger partial charge in [-0.25, -0.2) is 0 Å². The zero-order valence-electron chi connectivity index (χ0n) is 17.4. The van der Waals surface area contributed by atoms with E-state index in [0.717, 1.165) is 5.56 Å². The van der Waals surface area contributed by atoms with Gasteiger partial charge in [0, 0.05) is 43.2 Å². The van der Waals surface area contributed by atoms with Crippen LogP contribution in [0.2, 0.25) is 5.02 Å². The van der Waals surface area contributed by atoms with Crippen molar-refractivity contribution in [2.75, 3.05) is 39.9 Å². The largest absolute Gasteiger partial charge is 0.493 e. The van der Waals surface area contributed by atoms with Gasteiger partial charge in [-0.15, -0.1) is 0 Å². The van der Waals surface area contributed by atoms with Crippen LogP contribution in [0.4, 0.5) is 0 Å². The molecule has 0 aromatic heterocycles. The van der Waals surface area contributed by atoms with E-state index >= 15 is 0 Å². The third-order valence-electron chi connectivity index (χ3n) is 5.15. The Kier molecular flexibility index (Phi) is 7.57. The lowest BCUT2D eigenvalue weighted by Gasteiger charge is -2.35. The second kappa shape index (κ2) is 10.3. The highest BCUT2D eigenvalue weighted by Crippen LogP contribution is 2.28. The van der Waals surface area contributed by atoms with Crippen molar-refractivity contribution >= 4 is 23.4 Å². The second-order valence-corrected chi connectivity index (χ2v) is 7.54. The number of rotatable bonds is 7. The Bertz CT molecular complexity index is 895. The van der Waals surface area contributed by atoms with Crippen LogP contribution >= 0.6 is 11.6 Å². The molecule has 1 saturated heterocycles. The van der Waals surface area contributed by atoms with Crippen molar-refractivity contribution in [2.24, 2.45) is 0 Å². The number of hydrogen-bond donors (Lipinski definition) is 0. The average Bonchev–Trinajstić information content (AvgIpc) is 2.78. The Balaban J connectivity index is 1.50. The number of amides is 2. The number of piperazine rings is 1.